The quantitative estimate of drug-likeness (QED) is 0.315. The van der Waals surface area contributed by atoms with Gasteiger partial charge in [0.25, 0.3) is 0 Å². The number of esters is 1. The zero-order valence-corrected chi connectivity index (χ0v) is 16.3. The number of hydrogen-bond acceptors (Lipinski definition) is 5. The molecule has 0 saturated carbocycles. The maximum absolute atomic E-state index is 12.0. The molecule has 5 nitrogen and oxygen atoms in total. The van der Waals surface area contributed by atoms with E-state index >= 15 is 0 Å². The maximum Gasteiger partial charge on any atom is 0.338 e. The largest absolute Gasteiger partial charge is 0.494 e. The average Bonchev–Trinajstić information content (AvgIpc) is 2.67. The Kier molecular flexibility index (Phi) is 13.5. The number of rotatable bonds is 16. The average molecular weight is 366 g/mol. The molecule has 1 rings (SSSR count). The van der Waals surface area contributed by atoms with E-state index in [2.05, 4.69) is 0 Å². The molecule has 0 radical (unpaired) electrons. The molecular formula is C21H34O5. The van der Waals surface area contributed by atoms with Crippen LogP contribution in [0.15, 0.2) is 24.3 Å². The first-order chi connectivity index (χ1) is 12.8. The third-order valence-corrected chi connectivity index (χ3v) is 4.08. The summed E-state index contributed by atoms with van der Waals surface area (Å²) in [5.41, 5.74) is 0.566. The number of hydrogen-bond donors (Lipinski definition) is 0. The van der Waals surface area contributed by atoms with E-state index < -0.39 is 0 Å². The second-order valence-corrected chi connectivity index (χ2v) is 6.32. The van der Waals surface area contributed by atoms with Gasteiger partial charge in [-0.2, -0.15) is 0 Å². The van der Waals surface area contributed by atoms with Crippen LogP contribution < -0.4 is 4.74 Å². The summed E-state index contributed by atoms with van der Waals surface area (Å²) in [6.07, 6.45) is 8.52. The van der Waals surface area contributed by atoms with Gasteiger partial charge in [0.2, 0.25) is 0 Å². The Bertz CT molecular complexity index is 458. The van der Waals surface area contributed by atoms with Gasteiger partial charge in [0.05, 0.1) is 18.8 Å². The first-order valence-corrected chi connectivity index (χ1v) is 9.65. The maximum atomic E-state index is 12.0. The van der Waals surface area contributed by atoms with Crippen molar-refractivity contribution in [2.24, 2.45) is 0 Å². The summed E-state index contributed by atoms with van der Waals surface area (Å²) in [4.78, 5) is 12.0. The normalized spacial score (nSPS) is 10.7. The van der Waals surface area contributed by atoms with Gasteiger partial charge >= 0.3 is 5.97 Å². The van der Waals surface area contributed by atoms with Gasteiger partial charge in [0, 0.05) is 27.4 Å². The van der Waals surface area contributed by atoms with Gasteiger partial charge in [-0.25, -0.2) is 4.79 Å². The van der Waals surface area contributed by atoms with Crippen molar-refractivity contribution in [3.63, 3.8) is 0 Å². The smallest absolute Gasteiger partial charge is 0.338 e. The molecule has 0 N–H and O–H groups in total. The molecular weight excluding hydrogens is 332 g/mol. The van der Waals surface area contributed by atoms with Crippen LogP contribution in [0.1, 0.15) is 61.7 Å². The van der Waals surface area contributed by atoms with Crippen LogP contribution in [-0.4, -0.2) is 46.6 Å². The molecule has 0 fully saturated rings. The molecule has 0 aliphatic heterocycles. The van der Waals surface area contributed by atoms with Crippen LogP contribution in [0.25, 0.3) is 0 Å². The highest BCUT2D eigenvalue weighted by Crippen LogP contribution is 2.14. The molecule has 0 unspecified atom stereocenters. The van der Waals surface area contributed by atoms with Gasteiger partial charge in [-0.05, 0) is 62.8 Å². The number of carbonyl (C=O) groups is 1. The predicted molar refractivity (Wildman–Crippen MR) is 103 cm³/mol. The van der Waals surface area contributed by atoms with Crippen molar-refractivity contribution in [3.8, 4) is 5.75 Å². The van der Waals surface area contributed by atoms with Crippen molar-refractivity contribution in [1.82, 2.24) is 0 Å². The molecule has 1 aromatic rings. The Hall–Kier alpha value is -1.59. The molecule has 0 aliphatic carbocycles. The SMILES string of the molecule is COCCCCCCOC(=O)c1ccc(OCCCCCCOC)cc1. The first-order valence-electron chi connectivity index (χ1n) is 9.65. The standard InChI is InChI=1S/C21H34O5/c1-23-15-7-3-5-9-17-25-20-13-11-19(12-14-20)21(22)26-18-10-6-4-8-16-24-2/h11-14H,3-10,15-18H2,1-2H3. The summed E-state index contributed by atoms with van der Waals surface area (Å²) in [5, 5.41) is 0. The van der Waals surface area contributed by atoms with E-state index in [1.54, 1.807) is 26.4 Å². The van der Waals surface area contributed by atoms with Crippen LogP contribution in [0.3, 0.4) is 0 Å². The van der Waals surface area contributed by atoms with Crippen molar-refractivity contribution < 1.29 is 23.7 Å². The second kappa shape index (κ2) is 15.6. The van der Waals surface area contributed by atoms with E-state index in [1.165, 1.54) is 0 Å². The zero-order chi connectivity index (χ0) is 18.9. The van der Waals surface area contributed by atoms with E-state index in [0.29, 0.717) is 18.8 Å². The molecule has 26 heavy (non-hydrogen) atoms. The molecule has 0 heterocycles. The highest BCUT2D eigenvalue weighted by molar-refractivity contribution is 5.89. The summed E-state index contributed by atoms with van der Waals surface area (Å²) in [5.74, 6) is 0.517. The fourth-order valence-corrected chi connectivity index (χ4v) is 2.53. The highest BCUT2D eigenvalue weighted by atomic mass is 16.5. The molecule has 0 atom stereocenters. The number of unbranched alkanes of at least 4 members (excludes halogenated alkanes) is 6. The Morgan fingerprint density at radius 1 is 0.692 bits per heavy atom. The monoisotopic (exact) mass is 366 g/mol. The highest BCUT2D eigenvalue weighted by Gasteiger charge is 2.07. The van der Waals surface area contributed by atoms with Crippen LogP contribution in [0.2, 0.25) is 0 Å². The van der Waals surface area contributed by atoms with Crippen molar-refractivity contribution in [2.45, 2.75) is 51.4 Å². The van der Waals surface area contributed by atoms with Crippen molar-refractivity contribution >= 4 is 5.97 Å². The molecule has 148 valence electrons. The van der Waals surface area contributed by atoms with Crippen molar-refractivity contribution in [1.29, 1.82) is 0 Å². The van der Waals surface area contributed by atoms with Gasteiger partial charge in [-0.15, -0.1) is 0 Å². The molecule has 1 aromatic carbocycles. The van der Waals surface area contributed by atoms with Crippen LogP contribution in [0.4, 0.5) is 0 Å². The minimum absolute atomic E-state index is 0.272. The number of methoxy groups -OCH3 is 2. The Labute approximate surface area is 158 Å². The fraction of sp³-hybridized carbons (Fsp3) is 0.667. The first kappa shape index (κ1) is 22.5. The number of carbonyl (C=O) groups excluding carboxylic acids is 1. The fourth-order valence-electron chi connectivity index (χ4n) is 2.53. The van der Waals surface area contributed by atoms with Gasteiger partial charge in [-0.1, -0.05) is 12.8 Å². The van der Waals surface area contributed by atoms with Crippen LogP contribution in [0, 0.1) is 0 Å². The minimum Gasteiger partial charge on any atom is -0.494 e. The third-order valence-electron chi connectivity index (χ3n) is 4.08. The van der Waals surface area contributed by atoms with Gasteiger partial charge in [0.1, 0.15) is 5.75 Å². The minimum atomic E-state index is -0.272. The number of ether oxygens (including phenoxy) is 4. The van der Waals surface area contributed by atoms with Crippen molar-refractivity contribution in [3.05, 3.63) is 29.8 Å². The van der Waals surface area contributed by atoms with Crippen LogP contribution >= 0.6 is 0 Å². The predicted octanol–water partition coefficient (Wildman–Crippen LogP) is 4.64. The third kappa shape index (κ3) is 11.1. The summed E-state index contributed by atoms with van der Waals surface area (Å²) in [6.45, 7) is 2.78. The van der Waals surface area contributed by atoms with Crippen LogP contribution in [0.5, 0.6) is 5.75 Å². The van der Waals surface area contributed by atoms with Crippen molar-refractivity contribution in [2.75, 3.05) is 40.6 Å². The Balaban J connectivity index is 2.12. The van der Waals surface area contributed by atoms with E-state index in [1.807, 2.05) is 12.1 Å². The van der Waals surface area contributed by atoms with Gasteiger partial charge < -0.3 is 18.9 Å². The molecule has 0 amide bonds. The lowest BCUT2D eigenvalue weighted by Crippen LogP contribution is -2.06. The van der Waals surface area contributed by atoms with E-state index in [4.69, 9.17) is 18.9 Å². The molecule has 0 aliphatic rings. The van der Waals surface area contributed by atoms with Gasteiger partial charge in [0.15, 0.2) is 0 Å². The van der Waals surface area contributed by atoms with E-state index in [9.17, 15) is 4.79 Å². The molecule has 0 saturated heterocycles. The Morgan fingerprint density at radius 2 is 1.19 bits per heavy atom. The second-order valence-electron chi connectivity index (χ2n) is 6.32. The van der Waals surface area contributed by atoms with E-state index in [0.717, 1.165) is 70.3 Å². The van der Waals surface area contributed by atoms with E-state index in [-0.39, 0.29) is 5.97 Å². The topological polar surface area (TPSA) is 54.0 Å². The summed E-state index contributed by atoms with van der Waals surface area (Å²) < 4.78 is 21.0. The molecule has 5 heteroatoms. The zero-order valence-electron chi connectivity index (χ0n) is 16.3. The summed E-state index contributed by atoms with van der Waals surface area (Å²) in [7, 11) is 3.44. The van der Waals surface area contributed by atoms with Crippen LogP contribution in [-0.2, 0) is 14.2 Å². The molecule has 0 spiro atoms. The van der Waals surface area contributed by atoms with Gasteiger partial charge in [-0.3, -0.25) is 0 Å². The lowest BCUT2D eigenvalue weighted by molar-refractivity contribution is 0.0497. The molecule has 0 bridgehead atoms. The summed E-state index contributed by atoms with van der Waals surface area (Å²) >= 11 is 0. The lowest BCUT2D eigenvalue weighted by Gasteiger charge is -2.08. The molecule has 0 aromatic heterocycles. The Morgan fingerprint density at radius 3 is 1.73 bits per heavy atom. The summed E-state index contributed by atoms with van der Waals surface area (Å²) in [6, 6.07) is 7.17. The number of benzene rings is 1. The lowest BCUT2D eigenvalue weighted by atomic mass is 10.2.